The quantitative estimate of drug-likeness (QED) is 0.533. The summed E-state index contributed by atoms with van der Waals surface area (Å²) in [7, 11) is 0. The summed E-state index contributed by atoms with van der Waals surface area (Å²) in [6.45, 7) is 15.7. The minimum Gasteiger partial charge on any atom is -0.369 e. The Morgan fingerprint density at radius 3 is 2.35 bits per heavy atom. The van der Waals surface area contributed by atoms with Crippen LogP contribution in [0.3, 0.4) is 0 Å². The van der Waals surface area contributed by atoms with Crippen molar-refractivity contribution in [1.82, 2.24) is 9.80 Å². The minimum atomic E-state index is 0.511. The molecule has 3 nitrogen and oxygen atoms in total. The number of hydrogen-bond donors (Lipinski definition) is 0. The molecule has 0 spiro atoms. The van der Waals surface area contributed by atoms with Crippen LogP contribution in [0.5, 0.6) is 0 Å². The second-order valence-electron chi connectivity index (χ2n) is 3.93. The fourth-order valence-corrected chi connectivity index (χ4v) is 1.87. The van der Waals surface area contributed by atoms with Gasteiger partial charge in [-0.25, -0.2) is 0 Å². The monoisotopic (exact) mass is 229 g/mol. The number of piperazine rings is 1. The van der Waals surface area contributed by atoms with Crippen molar-refractivity contribution in [3.8, 4) is 6.07 Å². The fourth-order valence-electron chi connectivity index (χ4n) is 1.87. The zero-order chi connectivity index (χ0) is 12.7. The molecular weight excluding hydrogens is 210 g/mol. The molecule has 0 aromatic rings. The van der Waals surface area contributed by atoms with Crippen LogP contribution in [0.25, 0.3) is 0 Å². The highest BCUT2D eigenvalue weighted by Crippen LogP contribution is 2.16. The lowest BCUT2D eigenvalue weighted by molar-refractivity contribution is 0.176. The van der Waals surface area contributed by atoms with Gasteiger partial charge >= 0.3 is 0 Å². The smallest absolute Gasteiger partial charge is 0.0867 e. The summed E-state index contributed by atoms with van der Waals surface area (Å²) < 4.78 is 0. The van der Waals surface area contributed by atoms with E-state index in [1.54, 1.807) is 12.2 Å². The van der Waals surface area contributed by atoms with Crippen LogP contribution in [0.15, 0.2) is 49.2 Å². The van der Waals surface area contributed by atoms with Gasteiger partial charge < -0.3 is 4.90 Å². The first-order valence-corrected chi connectivity index (χ1v) is 5.71. The number of rotatable bonds is 5. The third kappa shape index (κ3) is 3.61. The highest BCUT2D eigenvalue weighted by molar-refractivity contribution is 5.38. The lowest BCUT2D eigenvalue weighted by Gasteiger charge is -2.36. The van der Waals surface area contributed by atoms with E-state index in [1.807, 2.05) is 6.08 Å². The molecule has 1 rings (SSSR count). The molecule has 1 aliphatic rings. The molecule has 1 aliphatic heterocycles. The number of hydrogen-bond acceptors (Lipinski definition) is 3. The Hall–Kier alpha value is -1.79. The van der Waals surface area contributed by atoms with Gasteiger partial charge in [0, 0.05) is 31.9 Å². The van der Waals surface area contributed by atoms with Crippen LogP contribution in [0.4, 0.5) is 0 Å². The van der Waals surface area contributed by atoms with Crippen LogP contribution in [0.1, 0.15) is 0 Å². The Bertz CT molecular complexity index is 365. The summed E-state index contributed by atoms with van der Waals surface area (Å²) in [5, 5.41) is 8.63. The Balaban J connectivity index is 2.57. The molecule has 17 heavy (non-hydrogen) atoms. The van der Waals surface area contributed by atoms with Crippen molar-refractivity contribution in [2.45, 2.75) is 0 Å². The first-order chi connectivity index (χ1) is 8.22. The molecule has 0 aromatic carbocycles. The number of nitriles is 1. The van der Waals surface area contributed by atoms with E-state index < -0.39 is 0 Å². The van der Waals surface area contributed by atoms with E-state index in [9.17, 15) is 0 Å². The van der Waals surface area contributed by atoms with Crippen LogP contribution in [0.2, 0.25) is 0 Å². The van der Waals surface area contributed by atoms with Crippen LogP contribution in [-0.4, -0.2) is 42.5 Å². The first kappa shape index (κ1) is 13.3. The average molecular weight is 229 g/mol. The lowest BCUT2D eigenvalue weighted by atomic mass is 10.1. The molecule has 1 saturated heterocycles. The highest BCUT2D eigenvalue weighted by atomic mass is 15.3. The maximum atomic E-state index is 8.63. The summed E-state index contributed by atoms with van der Waals surface area (Å²) in [4.78, 5) is 4.37. The molecule has 0 bridgehead atoms. The Kier molecular flexibility index (Phi) is 5.25. The van der Waals surface area contributed by atoms with Crippen molar-refractivity contribution in [1.29, 1.82) is 5.26 Å². The van der Waals surface area contributed by atoms with Gasteiger partial charge in [-0.15, -0.1) is 0 Å². The predicted molar refractivity (Wildman–Crippen MR) is 71.2 cm³/mol. The van der Waals surface area contributed by atoms with Crippen molar-refractivity contribution in [3.63, 3.8) is 0 Å². The zero-order valence-corrected chi connectivity index (χ0v) is 10.2. The molecule has 1 fully saturated rings. The first-order valence-electron chi connectivity index (χ1n) is 5.71. The third-order valence-electron chi connectivity index (χ3n) is 2.90. The maximum absolute atomic E-state index is 8.63. The van der Waals surface area contributed by atoms with Crippen molar-refractivity contribution in [3.05, 3.63) is 49.2 Å². The lowest BCUT2D eigenvalue weighted by Crippen LogP contribution is -2.45. The van der Waals surface area contributed by atoms with Gasteiger partial charge in [0.2, 0.25) is 0 Å². The molecule has 0 N–H and O–H groups in total. The molecule has 0 atom stereocenters. The molecule has 3 heteroatoms. The van der Waals surface area contributed by atoms with E-state index >= 15 is 0 Å². The molecule has 0 aliphatic carbocycles. The average Bonchev–Trinajstić information content (AvgIpc) is 2.36. The standard InChI is InChI=1S/C14H19N3/c1-4-6-14(5-2)13(3)17-11-9-16(8-7-15)10-12-17/h4-6H,1-3,8-12H2/b14-6+. The Morgan fingerprint density at radius 2 is 1.88 bits per heavy atom. The number of allylic oxidation sites excluding steroid dienone is 3. The van der Waals surface area contributed by atoms with E-state index in [1.165, 1.54) is 0 Å². The van der Waals surface area contributed by atoms with Gasteiger partial charge in [-0.05, 0) is 5.57 Å². The van der Waals surface area contributed by atoms with E-state index in [4.69, 9.17) is 5.26 Å². The van der Waals surface area contributed by atoms with Gasteiger partial charge in [0.1, 0.15) is 0 Å². The molecule has 0 unspecified atom stereocenters. The van der Waals surface area contributed by atoms with Crippen molar-refractivity contribution in [2.75, 3.05) is 32.7 Å². The molecule has 0 saturated carbocycles. The fraction of sp³-hybridized carbons (Fsp3) is 0.357. The van der Waals surface area contributed by atoms with Crippen LogP contribution >= 0.6 is 0 Å². The molecule has 0 amide bonds. The SMILES string of the molecule is C=C/C=C(\C=C)C(=C)N1CCN(CC#N)CC1. The van der Waals surface area contributed by atoms with Gasteiger partial charge in [0.15, 0.2) is 0 Å². The van der Waals surface area contributed by atoms with Crippen molar-refractivity contribution in [2.24, 2.45) is 0 Å². The molecule has 0 aromatic heterocycles. The second-order valence-corrected chi connectivity index (χ2v) is 3.93. The molecule has 1 heterocycles. The normalized spacial score (nSPS) is 17.4. The van der Waals surface area contributed by atoms with Crippen LogP contribution in [0, 0.1) is 11.3 Å². The Labute approximate surface area is 104 Å². The molecule has 0 radical (unpaired) electrons. The summed E-state index contributed by atoms with van der Waals surface area (Å²) in [6.07, 6.45) is 5.46. The van der Waals surface area contributed by atoms with E-state index in [2.05, 4.69) is 35.6 Å². The molecular formula is C14H19N3. The topological polar surface area (TPSA) is 30.3 Å². The summed E-state index contributed by atoms with van der Waals surface area (Å²) in [5.41, 5.74) is 1.99. The van der Waals surface area contributed by atoms with Gasteiger partial charge in [-0.3, -0.25) is 4.90 Å². The van der Waals surface area contributed by atoms with Crippen LogP contribution < -0.4 is 0 Å². The summed E-state index contributed by atoms with van der Waals surface area (Å²) in [5.74, 6) is 0. The summed E-state index contributed by atoms with van der Waals surface area (Å²) in [6, 6.07) is 2.18. The third-order valence-corrected chi connectivity index (χ3v) is 2.90. The predicted octanol–water partition coefficient (Wildman–Crippen LogP) is 1.94. The van der Waals surface area contributed by atoms with Gasteiger partial charge in [0.05, 0.1) is 12.6 Å². The minimum absolute atomic E-state index is 0.511. The summed E-state index contributed by atoms with van der Waals surface area (Å²) >= 11 is 0. The van der Waals surface area contributed by atoms with Crippen molar-refractivity contribution < 1.29 is 0 Å². The van der Waals surface area contributed by atoms with Crippen LogP contribution in [-0.2, 0) is 0 Å². The largest absolute Gasteiger partial charge is 0.369 e. The second kappa shape index (κ2) is 6.72. The molecule has 90 valence electrons. The maximum Gasteiger partial charge on any atom is 0.0867 e. The van der Waals surface area contributed by atoms with E-state index in [0.29, 0.717) is 6.54 Å². The van der Waals surface area contributed by atoms with Gasteiger partial charge in [-0.1, -0.05) is 38.0 Å². The van der Waals surface area contributed by atoms with Crippen molar-refractivity contribution >= 4 is 0 Å². The number of nitrogens with zero attached hydrogens (tertiary/aromatic N) is 3. The van der Waals surface area contributed by atoms with E-state index in [0.717, 1.165) is 37.4 Å². The Morgan fingerprint density at radius 1 is 1.24 bits per heavy atom. The zero-order valence-electron chi connectivity index (χ0n) is 10.2. The highest BCUT2D eigenvalue weighted by Gasteiger charge is 2.18. The van der Waals surface area contributed by atoms with E-state index in [-0.39, 0.29) is 0 Å². The van der Waals surface area contributed by atoms with Gasteiger partial charge in [-0.2, -0.15) is 5.26 Å². The van der Waals surface area contributed by atoms with Gasteiger partial charge in [0.25, 0.3) is 0 Å².